The highest BCUT2D eigenvalue weighted by Gasteiger charge is 2.21. The largest absolute Gasteiger partial charge is 0.493 e. The second-order valence-electron chi connectivity index (χ2n) is 6.10. The molecule has 0 aliphatic heterocycles. The van der Waals surface area contributed by atoms with E-state index in [0.717, 1.165) is 23.1 Å². The summed E-state index contributed by atoms with van der Waals surface area (Å²) in [7, 11) is 4.49. The summed E-state index contributed by atoms with van der Waals surface area (Å²) in [6, 6.07) is 9.41. The van der Waals surface area contributed by atoms with E-state index in [1.54, 1.807) is 6.07 Å². The molecular formula is C20H23N3O4. The van der Waals surface area contributed by atoms with Gasteiger partial charge in [-0.25, -0.2) is 9.66 Å². The molecule has 142 valence electrons. The van der Waals surface area contributed by atoms with Gasteiger partial charge in [0.05, 0.1) is 26.7 Å². The van der Waals surface area contributed by atoms with Crippen LogP contribution in [0, 0.1) is 0 Å². The van der Waals surface area contributed by atoms with Gasteiger partial charge >= 0.3 is 0 Å². The predicted molar refractivity (Wildman–Crippen MR) is 105 cm³/mol. The zero-order valence-electron chi connectivity index (χ0n) is 15.9. The van der Waals surface area contributed by atoms with E-state index in [0.29, 0.717) is 34.0 Å². The molecule has 1 aromatic heterocycles. The molecular weight excluding hydrogens is 346 g/mol. The monoisotopic (exact) mass is 369 g/mol. The van der Waals surface area contributed by atoms with Crippen molar-refractivity contribution >= 4 is 10.9 Å². The van der Waals surface area contributed by atoms with Crippen molar-refractivity contribution in [2.45, 2.75) is 19.8 Å². The number of aryl methyl sites for hydroxylation is 1. The van der Waals surface area contributed by atoms with Crippen LogP contribution in [0.3, 0.4) is 0 Å². The van der Waals surface area contributed by atoms with E-state index >= 15 is 0 Å². The Bertz CT molecular complexity index is 1030. The highest BCUT2D eigenvalue weighted by atomic mass is 16.5. The number of ether oxygens (including phenoxy) is 3. The van der Waals surface area contributed by atoms with Gasteiger partial charge in [0.15, 0.2) is 17.3 Å². The van der Waals surface area contributed by atoms with Gasteiger partial charge in [-0.2, -0.15) is 0 Å². The molecule has 0 amide bonds. The Kier molecular flexibility index (Phi) is 5.21. The normalized spacial score (nSPS) is 10.8. The quantitative estimate of drug-likeness (QED) is 0.672. The van der Waals surface area contributed by atoms with Gasteiger partial charge in [0.1, 0.15) is 5.52 Å². The van der Waals surface area contributed by atoms with Crippen LogP contribution in [0.1, 0.15) is 18.9 Å². The maximum atomic E-state index is 12.9. The van der Waals surface area contributed by atoms with Gasteiger partial charge in [0.25, 0.3) is 5.56 Å². The summed E-state index contributed by atoms with van der Waals surface area (Å²) >= 11 is 0. The van der Waals surface area contributed by atoms with Gasteiger partial charge in [-0.3, -0.25) is 4.79 Å². The van der Waals surface area contributed by atoms with Crippen LogP contribution < -0.4 is 25.6 Å². The molecule has 0 spiro atoms. The summed E-state index contributed by atoms with van der Waals surface area (Å²) in [5, 5.41) is 0.290. The average molecular weight is 369 g/mol. The third-order valence-electron chi connectivity index (χ3n) is 4.45. The molecule has 0 aliphatic rings. The van der Waals surface area contributed by atoms with Crippen molar-refractivity contribution < 1.29 is 14.2 Å². The van der Waals surface area contributed by atoms with Crippen LogP contribution >= 0.6 is 0 Å². The SMILES string of the molecule is CCCc1ccc(-c2nc3c(OC)c(OC)c(OC)cc3c(=O)n2N)cc1. The van der Waals surface area contributed by atoms with E-state index in [1.807, 2.05) is 24.3 Å². The van der Waals surface area contributed by atoms with Crippen molar-refractivity contribution in [2.24, 2.45) is 0 Å². The van der Waals surface area contributed by atoms with E-state index in [4.69, 9.17) is 20.1 Å². The molecule has 27 heavy (non-hydrogen) atoms. The van der Waals surface area contributed by atoms with E-state index in [-0.39, 0.29) is 0 Å². The lowest BCUT2D eigenvalue weighted by molar-refractivity contribution is 0.327. The van der Waals surface area contributed by atoms with Crippen LogP contribution in [0.25, 0.3) is 22.3 Å². The molecule has 0 aliphatic carbocycles. The second-order valence-corrected chi connectivity index (χ2v) is 6.10. The first kappa shape index (κ1) is 18.6. The Balaban J connectivity index is 2.29. The minimum absolute atomic E-state index is 0.290. The lowest BCUT2D eigenvalue weighted by Crippen LogP contribution is -2.30. The maximum absolute atomic E-state index is 12.9. The van der Waals surface area contributed by atoms with Gasteiger partial charge in [-0.15, -0.1) is 0 Å². The second kappa shape index (κ2) is 7.57. The molecule has 7 heteroatoms. The van der Waals surface area contributed by atoms with Crippen LogP contribution in [0.15, 0.2) is 35.1 Å². The summed E-state index contributed by atoms with van der Waals surface area (Å²) in [6.45, 7) is 2.13. The lowest BCUT2D eigenvalue weighted by atomic mass is 10.1. The van der Waals surface area contributed by atoms with Gasteiger partial charge in [-0.05, 0) is 18.1 Å². The fraction of sp³-hybridized carbons (Fsp3) is 0.300. The van der Waals surface area contributed by atoms with Crippen molar-refractivity contribution in [3.8, 4) is 28.6 Å². The first-order chi connectivity index (χ1) is 13.0. The fourth-order valence-corrected chi connectivity index (χ4v) is 3.11. The van der Waals surface area contributed by atoms with Gasteiger partial charge < -0.3 is 20.1 Å². The van der Waals surface area contributed by atoms with Crippen LogP contribution in [0.2, 0.25) is 0 Å². The first-order valence-electron chi connectivity index (χ1n) is 8.65. The zero-order valence-corrected chi connectivity index (χ0v) is 15.9. The van der Waals surface area contributed by atoms with Crippen LogP contribution in [-0.4, -0.2) is 31.0 Å². The highest BCUT2D eigenvalue weighted by molar-refractivity contribution is 5.90. The Morgan fingerprint density at radius 2 is 1.70 bits per heavy atom. The molecule has 0 saturated carbocycles. The molecule has 0 saturated heterocycles. The minimum Gasteiger partial charge on any atom is -0.493 e. The molecule has 7 nitrogen and oxygen atoms in total. The number of methoxy groups -OCH3 is 3. The third kappa shape index (κ3) is 3.16. The fourth-order valence-electron chi connectivity index (χ4n) is 3.11. The van der Waals surface area contributed by atoms with Gasteiger partial charge in [0, 0.05) is 5.56 Å². The average Bonchev–Trinajstić information content (AvgIpc) is 2.70. The molecule has 3 rings (SSSR count). The molecule has 0 fully saturated rings. The Morgan fingerprint density at radius 3 is 2.26 bits per heavy atom. The first-order valence-corrected chi connectivity index (χ1v) is 8.65. The summed E-state index contributed by atoms with van der Waals surface area (Å²) in [4.78, 5) is 17.5. The van der Waals surface area contributed by atoms with Crippen molar-refractivity contribution in [1.82, 2.24) is 9.66 Å². The maximum Gasteiger partial charge on any atom is 0.280 e. The highest BCUT2D eigenvalue weighted by Crippen LogP contribution is 2.42. The van der Waals surface area contributed by atoms with Crippen LogP contribution in [-0.2, 0) is 6.42 Å². The summed E-state index contributed by atoms with van der Waals surface area (Å²) in [5.41, 5.74) is 1.94. The summed E-state index contributed by atoms with van der Waals surface area (Å²) in [5.74, 6) is 7.48. The topological polar surface area (TPSA) is 88.6 Å². The molecule has 1 heterocycles. The van der Waals surface area contributed by atoms with Gasteiger partial charge in [0.2, 0.25) is 5.75 Å². The van der Waals surface area contributed by atoms with E-state index < -0.39 is 5.56 Å². The molecule has 2 aromatic carbocycles. The number of nitrogen functional groups attached to an aromatic ring is 1. The molecule has 0 bridgehead atoms. The lowest BCUT2D eigenvalue weighted by Gasteiger charge is -2.16. The van der Waals surface area contributed by atoms with Crippen molar-refractivity contribution in [2.75, 3.05) is 27.2 Å². The molecule has 0 unspecified atom stereocenters. The summed E-state index contributed by atoms with van der Waals surface area (Å²) < 4.78 is 17.2. The molecule has 2 N–H and O–H groups in total. The number of nitrogens with two attached hydrogens (primary N) is 1. The number of aromatic nitrogens is 2. The standard InChI is InChI=1S/C20H23N3O4/c1-5-6-12-7-9-13(10-8-12)19-22-16-14(20(24)23(19)21)11-15(25-2)17(26-3)18(16)27-4/h7-11H,5-6,21H2,1-4H3. The molecule has 0 radical (unpaired) electrons. The smallest absolute Gasteiger partial charge is 0.280 e. The van der Waals surface area contributed by atoms with Crippen molar-refractivity contribution in [3.63, 3.8) is 0 Å². The predicted octanol–water partition coefficient (Wildman–Crippen LogP) is 2.76. The Hall–Kier alpha value is -3.22. The molecule has 0 atom stereocenters. The van der Waals surface area contributed by atoms with Crippen molar-refractivity contribution in [1.29, 1.82) is 0 Å². The third-order valence-corrected chi connectivity index (χ3v) is 4.45. The zero-order chi connectivity index (χ0) is 19.6. The number of hydrogen-bond acceptors (Lipinski definition) is 6. The van der Waals surface area contributed by atoms with Crippen LogP contribution in [0.5, 0.6) is 17.2 Å². The number of hydrogen-bond donors (Lipinski definition) is 1. The van der Waals surface area contributed by atoms with Crippen molar-refractivity contribution in [3.05, 3.63) is 46.2 Å². The number of fused-ring (bicyclic) bond motifs is 1. The van der Waals surface area contributed by atoms with E-state index in [9.17, 15) is 4.79 Å². The minimum atomic E-state index is -0.396. The Labute approximate surface area is 157 Å². The van der Waals surface area contributed by atoms with E-state index in [1.165, 1.54) is 26.9 Å². The molecule has 3 aromatic rings. The van der Waals surface area contributed by atoms with Gasteiger partial charge in [-0.1, -0.05) is 37.6 Å². The summed E-state index contributed by atoms with van der Waals surface area (Å²) in [6.07, 6.45) is 2.06. The van der Waals surface area contributed by atoms with E-state index in [2.05, 4.69) is 11.9 Å². The van der Waals surface area contributed by atoms with Crippen LogP contribution in [0.4, 0.5) is 0 Å². The number of nitrogens with zero attached hydrogens (tertiary/aromatic N) is 2. The Morgan fingerprint density at radius 1 is 1.04 bits per heavy atom. The number of benzene rings is 2. The number of rotatable bonds is 6.